The maximum atomic E-state index is 12.2. The number of hydrogen-bond donors (Lipinski definition) is 1. The average Bonchev–Trinajstić information content (AvgIpc) is 3.20. The van der Waals surface area contributed by atoms with Crippen LogP contribution in [0.2, 0.25) is 0 Å². The molecular formula is C21H34N4O. The molecule has 1 amide bonds. The van der Waals surface area contributed by atoms with Gasteiger partial charge in [-0.05, 0) is 45.1 Å². The second kappa shape index (κ2) is 10.0. The number of carbonyl (C=O) groups is 1. The molecule has 0 bridgehead atoms. The highest BCUT2D eigenvalue weighted by molar-refractivity contribution is 5.78. The predicted octanol–water partition coefficient (Wildman–Crippen LogP) is 3.48. The Bertz CT molecular complexity index is 554. The van der Waals surface area contributed by atoms with Crippen LogP contribution in [-0.4, -0.2) is 39.9 Å². The van der Waals surface area contributed by atoms with Gasteiger partial charge >= 0.3 is 0 Å². The van der Waals surface area contributed by atoms with Gasteiger partial charge in [0.1, 0.15) is 5.82 Å². The fourth-order valence-electron chi connectivity index (χ4n) is 4.34. The molecule has 1 saturated carbocycles. The number of amides is 1. The number of hydrogen-bond acceptors (Lipinski definition) is 4. The minimum Gasteiger partial charge on any atom is -0.356 e. The van der Waals surface area contributed by atoms with Crippen LogP contribution in [0.3, 0.4) is 0 Å². The van der Waals surface area contributed by atoms with E-state index in [2.05, 4.69) is 27.1 Å². The number of aromatic nitrogens is 2. The second-order valence-corrected chi connectivity index (χ2v) is 7.94. The first-order valence-electron chi connectivity index (χ1n) is 10.6. The van der Waals surface area contributed by atoms with Gasteiger partial charge in [-0.1, -0.05) is 26.2 Å². The van der Waals surface area contributed by atoms with Crippen LogP contribution in [-0.2, 0) is 17.8 Å². The van der Waals surface area contributed by atoms with Gasteiger partial charge in [0.05, 0.1) is 0 Å². The molecule has 2 fully saturated rings. The Morgan fingerprint density at radius 2 is 1.88 bits per heavy atom. The third kappa shape index (κ3) is 5.50. The van der Waals surface area contributed by atoms with E-state index in [1.54, 1.807) is 0 Å². The van der Waals surface area contributed by atoms with Crippen LogP contribution in [0.1, 0.15) is 76.1 Å². The van der Waals surface area contributed by atoms with Crippen molar-refractivity contribution in [2.24, 2.45) is 5.92 Å². The summed E-state index contributed by atoms with van der Waals surface area (Å²) in [4.78, 5) is 23.7. The molecule has 3 rings (SSSR count). The standard InChI is InChI=1S/C21H34N4O/c1-2-7-20-23-14-17(15-24-20)16-25-13-6-5-10-19(25)11-12-22-21(26)18-8-3-4-9-18/h14-15,18-19H,2-13,16H2,1H3,(H,22,26)/t19-/m1/s1. The van der Waals surface area contributed by atoms with Crippen molar-refractivity contribution in [2.75, 3.05) is 13.1 Å². The lowest BCUT2D eigenvalue weighted by Crippen LogP contribution is -2.41. The molecule has 5 nitrogen and oxygen atoms in total. The molecule has 26 heavy (non-hydrogen) atoms. The van der Waals surface area contributed by atoms with Crippen molar-refractivity contribution >= 4 is 5.91 Å². The summed E-state index contributed by atoms with van der Waals surface area (Å²) in [5.74, 6) is 1.50. The Hall–Kier alpha value is -1.49. The molecule has 1 saturated heterocycles. The zero-order chi connectivity index (χ0) is 18.2. The lowest BCUT2D eigenvalue weighted by atomic mass is 9.98. The van der Waals surface area contributed by atoms with E-state index in [4.69, 9.17) is 0 Å². The van der Waals surface area contributed by atoms with E-state index in [-0.39, 0.29) is 11.8 Å². The summed E-state index contributed by atoms with van der Waals surface area (Å²) in [5.41, 5.74) is 1.20. The third-order valence-corrected chi connectivity index (χ3v) is 5.87. The number of nitrogens with one attached hydrogen (secondary N) is 1. The molecule has 0 radical (unpaired) electrons. The Morgan fingerprint density at radius 3 is 2.62 bits per heavy atom. The number of piperidine rings is 1. The molecule has 0 unspecified atom stereocenters. The molecule has 1 atom stereocenters. The van der Waals surface area contributed by atoms with Crippen LogP contribution in [0.4, 0.5) is 0 Å². The summed E-state index contributed by atoms with van der Waals surface area (Å²) >= 11 is 0. The third-order valence-electron chi connectivity index (χ3n) is 5.87. The lowest BCUT2D eigenvalue weighted by molar-refractivity contribution is -0.124. The molecule has 0 aromatic carbocycles. The molecule has 1 N–H and O–H groups in total. The van der Waals surface area contributed by atoms with E-state index in [9.17, 15) is 4.79 Å². The van der Waals surface area contributed by atoms with Gasteiger partial charge in [0.25, 0.3) is 0 Å². The van der Waals surface area contributed by atoms with E-state index in [0.717, 1.165) is 57.6 Å². The van der Waals surface area contributed by atoms with E-state index >= 15 is 0 Å². The predicted molar refractivity (Wildman–Crippen MR) is 104 cm³/mol. The highest BCUT2D eigenvalue weighted by atomic mass is 16.1. The number of rotatable bonds is 8. The van der Waals surface area contributed by atoms with E-state index in [1.165, 1.54) is 37.7 Å². The van der Waals surface area contributed by atoms with Gasteiger partial charge in [0.15, 0.2) is 0 Å². The quantitative estimate of drug-likeness (QED) is 0.773. The first kappa shape index (κ1) is 19.3. The number of aryl methyl sites for hydroxylation is 1. The van der Waals surface area contributed by atoms with Crippen molar-refractivity contribution in [3.8, 4) is 0 Å². The van der Waals surface area contributed by atoms with Crippen molar-refractivity contribution in [2.45, 2.75) is 83.7 Å². The van der Waals surface area contributed by atoms with Gasteiger partial charge in [-0.25, -0.2) is 9.97 Å². The van der Waals surface area contributed by atoms with Crippen LogP contribution in [0.5, 0.6) is 0 Å². The SMILES string of the molecule is CCCc1ncc(CN2CCCC[C@@H]2CCNC(=O)C2CCCC2)cn1. The Kier molecular flexibility index (Phi) is 7.42. The van der Waals surface area contributed by atoms with Crippen LogP contribution in [0.15, 0.2) is 12.4 Å². The molecule has 2 aliphatic rings. The number of nitrogens with zero attached hydrogens (tertiary/aromatic N) is 3. The van der Waals surface area contributed by atoms with E-state index in [0.29, 0.717) is 6.04 Å². The van der Waals surface area contributed by atoms with Crippen molar-refractivity contribution in [1.29, 1.82) is 0 Å². The molecule has 144 valence electrons. The highest BCUT2D eigenvalue weighted by Crippen LogP contribution is 2.25. The minimum atomic E-state index is 0.274. The Morgan fingerprint density at radius 1 is 1.15 bits per heavy atom. The Balaban J connectivity index is 1.46. The first-order valence-corrected chi connectivity index (χ1v) is 10.6. The molecule has 1 aliphatic heterocycles. The van der Waals surface area contributed by atoms with Crippen molar-refractivity contribution < 1.29 is 4.79 Å². The van der Waals surface area contributed by atoms with Crippen LogP contribution < -0.4 is 5.32 Å². The lowest BCUT2D eigenvalue weighted by Gasteiger charge is -2.35. The van der Waals surface area contributed by atoms with Gasteiger partial charge in [0, 0.05) is 49.4 Å². The summed E-state index contributed by atoms with van der Waals surface area (Å²) in [6, 6.07) is 0.558. The van der Waals surface area contributed by atoms with Gasteiger partial charge in [0.2, 0.25) is 5.91 Å². The van der Waals surface area contributed by atoms with Crippen LogP contribution in [0, 0.1) is 5.92 Å². The van der Waals surface area contributed by atoms with Gasteiger partial charge in [-0.15, -0.1) is 0 Å². The van der Waals surface area contributed by atoms with Crippen molar-refractivity contribution in [3.05, 3.63) is 23.8 Å². The van der Waals surface area contributed by atoms with Crippen molar-refractivity contribution in [1.82, 2.24) is 20.2 Å². The van der Waals surface area contributed by atoms with E-state index < -0.39 is 0 Å². The molecular weight excluding hydrogens is 324 g/mol. The second-order valence-electron chi connectivity index (χ2n) is 7.94. The summed E-state index contributed by atoms with van der Waals surface area (Å²) in [7, 11) is 0. The molecule has 1 aromatic heterocycles. The zero-order valence-corrected chi connectivity index (χ0v) is 16.3. The molecule has 2 heterocycles. The zero-order valence-electron chi connectivity index (χ0n) is 16.3. The monoisotopic (exact) mass is 358 g/mol. The highest BCUT2D eigenvalue weighted by Gasteiger charge is 2.25. The summed E-state index contributed by atoms with van der Waals surface area (Å²) in [5, 5.41) is 3.19. The maximum Gasteiger partial charge on any atom is 0.223 e. The van der Waals surface area contributed by atoms with Gasteiger partial charge in [-0.3, -0.25) is 9.69 Å². The fraction of sp³-hybridized carbons (Fsp3) is 0.762. The Labute approximate surface area is 158 Å². The van der Waals surface area contributed by atoms with Crippen molar-refractivity contribution in [3.63, 3.8) is 0 Å². The van der Waals surface area contributed by atoms with Crippen LogP contribution >= 0.6 is 0 Å². The normalized spacial score (nSPS) is 21.8. The molecule has 0 spiro atoms. The smallest absolute Gasteiger partial charge is 0.223 e. The minimum absolute atomic E-state index is 0.274. The topological polar surface area (TPSA) is 58.1 Å². The summed E-state index contributed by atoms with van der Waals surface area (Å²) in [6.45, 7) is 5.02. The van der Waals surface area contributed by atoms with E-state index in [1.807, 2.05) is 12.4 Å². The average molecular weight is 359 g/mol. The fourth-order valence-corrected chi connectivity index (χ4v) is 4.34. The van der Waals surface area contributed by atoms with Crippen LogP contribution in [0.25, 0.3) is 0 Å². The largest absolute Gasteiger partial charge is 0.356 e. The molecule has 5 heteroatoms. The maximum absolute atomic E-state index is 12.2. The van der Waals surface area contributed by atoms with Gasteiger partial charge in [-0.2, -0.15) is 0 Å². The molecule has 1 aliphatic carbocycles. The number of likely N-dealkylation sites (tertiary alicyclic amines) is 1. The summed E-state index contributed by atoms with van der Waals surface area (Å²) < 4.78 is 0. The first-order chi connectivity index (χ1) is 12.8. The molecule has 1 aromatic rings. The summed E-state index contributed by atoms with van der Waals surface area (Å²) in [6.07, 6.45) is 15.4. The number of carbonyl (C=O) groups excluding carboxylic acids is 1. The van der Waals surface area contributed by atoms with Gasteiger partial charge < -0.3 is 5.32 Å².